The van der Waals surface area contributed by atoms with Crippen LogP contribution in [0.4, 0.5) is 5.69 Å². The lowest BCUT2D eigenvalue weighted by atomic mass is 10.1. The van der Waals surface area contributed by atoms with Gasteiger partial charge in [-0.05, 0) is 44.0 Å². The topological polar surface area (TPSA) is 98.5 Å². The minimum absolute atomic E-state index is 0.0633. The third kappa shape index (κ3) is 3.36. The van der Waals surface area contributed by atoms with Crippen molar-refractivity contribution in [3.8, 4) is 0 Å². The molecule has 7 heteroatoms. The zero-order chi connectivity index (χ0) is 14.9. The van der Waals surface area contributed by atoms with Crippen LogP contribution in [0.3, 0.4) is 0 Å². The number of amides is 1. The molecule has 1 fully saturated rings. The summed E-state index contributed by atoms with van der Waals surface area (Å²) in [5.74, 6) is -0.277. The van der Waals surface area contributed by atoms with Gasteiger partial charge in [-0.25, -0.2) is 13.6 Å². The molecule has 0 aromatic heterocycles. The molecule has 2 unspecified atom stereocenters. The van der Waals surface area contributed by atoms with Crippen LogP contribution in [0.25, 0.3) is 0 Å². The average Bonchev–Trinajstić information content (AvgIpc) is 2.74. The van der Waals surface area contributed by atoms with Crippen LogP contribution in [-0.2, 0) is 19.6 Å². The van der Waals surface area contributed by atoms with E-state index >= 15 is 0 Å². The molecule has 1 aromatic rings. The lowest BCUT2D eigenvalue weighted by Gasteiger charge is -2.11. The number of primary sulfonamides is 1. The van der Waals surface area contributed by atoms with E-state index in [1.165, 1.54) is 12.1 Å². The Bertz CT molecular complexity index is 627. The second kappa shape index (κ2) is 5.51. The first kappa shape index (κ1) is 15.0. The Morgan fingerprint density at radius 3 is 2.65 bits per heavy atom. The number of hydrogen-bond acceptors (Lipinski definition) is 4. The Morgan fingerprint density at radius 2 is 2.15 bits per heavy atom. The molecule has 0 aliphatic carbocycles. The fourth-order valence-corrected chi connectivity index (χ4v) is 3.06. The van der Waals surface area contributed by atoms with Gasteiger partial charge in [-0.15, -0.1) is 0 Å². The van der Waals surface area contributed by atoms with Crippen molar-refractivity contribution in [2.24, 2.45) is 11.1 Å². The van der Waals surface area contributed by atoms with Gasteiger partial charge in [0.1, 0.15) is 0 Å². The van der Waals surface area contributed by atoms with Gasteiger partial charge in [0.05, 0.1) is 23.5 Å². The molecule has 0 saturated carbocycles. The zero-order valence-electron chi connectivity index (χ0n) is 11.4. The van der Waals surface area contributed by atoms with Crippen LogP contribution in [0.2, 0.25) is 0 Å². The number of anilines is 1. The molecule has 2 atom stereocenters. The highest BCUT2D eigenvalue weighted by molar-refractivity contribution is 7.89. The average molecular weight is 298 g/mol. The first-order valence-electron chi connectivity index (χ1n) is 6.33. The molecule has 6 nitrogen and oxygen atoms in total. The zero-order valence-corrected chi connectivity index (χ0v) is 12.2. The smallest absolute Gasteiger partial charge is 0.238 e. The van der Waals surface area contributed by atoms with E-state index in [9.17, 15) is 13.2 Å². The predicted molar refractivity (Wildman–Crippen MR) is 74.7 cm³/mol. The molecule has 0 bridgehead atoms. The van der Waals surface area contributed by atoms with E-state index in [-0.39, 0.29) is 22.8 Å². The van der Waals surface area contributed by atoms with Gasteiger partial charge < -0.3 is 10.1 Å². The van der Waals surface area contributed by atoms with E-state index in [4.69, 9.17) is 9.88 Å². The Balaban J connectivity index is 2.11. The van der Waals surface area contributed by atoms with Crippen LogP contribution in [0.5, 0.6) is 0 Å². The van der Waals surface area contributed by atoms with Crippen molar-refractivity contribution < 1.29 is 17.9 Å². The molecule has 1 aliphatic heterocycles. The Morgan fingerprint density at radius 1 is 1.45 bits per heavy atom. The molecule has 1 aromatic carbocycles. The van der Waals surface area contributed by atoms with E-state index in [0.29, 0.717) is 24.3 Å². The van der Waals surface area contributed by atoms with E-state index in [2.05, 4.69) is 5.32 Å². The van der Waals surface area contributed by atoms with Crippen LogP contribution in [0, 0.1) is 12.8 Å². The molecule has 1 aliphatic rings. The number of carbonyl (C=O) groups is 1. The highest BCUT2D eigenvalue weighted by atomic mass is 32.2. The number of nitrogens with one attached hydrogen (secondary N) is 1. The van der Waals surface area contributed by atoms with Gasteiger partial charge >= 0.3 is 0 Å². The van der Waals surface area contributed by atoms with Gasteiger partial charge in [-0.1, -0.05) is 0 Å². The minimum atomic E-state index is -3.73. The highest BCUT2D eigenvalue weighted by Gasteiger charge is 2.28. The van der Waals surface area contributed by atoms with E-state index in [0.717, 1.165) is 0 Å². The summed E-state index contributed by atoms with van der Waals surface area (Å²) in [5.41, 5.74) is 1.06. The summed E-state index contributed by atoms with van der Waals surface area (Å²) in [4.78, 5) is 12.1. The van der Waals surface area contributed by atoms with E-state index in [1.807, 2.05) is 6.92 Å². The van der Waals surface area contributed by atoms with Gasteiger partial charge in [0.25, 0.3) is 0 Å². The molecule has 1 heterocycles. The maximum absolute atomic E-state index is 12.0. The van der Waals surface area contributed by atoms with Crippen LogP contribution < -0.4 is 10.5 Å². The fourth-order valence-electron chi connectivity index (χ4n) is 2.29. The molecule has 20 heavy (non-hydrogen) atoms. The quantitative estimate of drug-likeness (QED) is 0.870. The molecule has 110 valence electrons. The third-order valence-electron chi connectivity index (χ3n) is 3.32. The summed E-state index contributed by atoms with van der Waals surface area (Å²) < 4.78 is 28.0. The summed E-state index contributed by atoms with van der Waals surface area (Å²) in [5, 5.41) is 7.86. The first-order chi connectivity index (χ1) is 9.27. The molecule has 3 N–H and O–H groups in total. The van der Waals surface area contributed by atoms with Gasteiger partial charge in [-0.3, -0.25) is 4.79 Å². The molecule has 1 saturated heterocycles. The monoisotopic (exact) mass is 298 g/mol. The van der Waals surface area contributed by atoms with Gasteiger partial charge in [-0.2, -0.15) is 0 Å². The predicted octanol–water partition coefficient (Wildman–Crippen LogP) is 1.01. The Hall–Kier alpha value is -1.44. The second-order valence-corrected chi connectivity index (χ2v) is 6.62. The number of carbonyl (C=O) groups excluding carboxylic acids is 1. The normalized spacial score (nSPS) is 22.8. The van der Waals surface area contributed by atoms with Crippen molar-refractivity contribution in [1.29, 1.82) is 0 Å². The number of hydrogen-bond donors (Lipinski definition) is 2. The second-order valence-electron chi connectivity index (χ2n) is 5.09. The molecule has 0 spiro atoms. The van der Waals surface area contributed by atoms with Crippen molar-refractivity contribution in [2.45, 2.75) is 31.3 Å². The number of benzene rings is 1. The van der Waals surface area contributed by atoms with Crippen LogP contribution in [-0.4, -0.2) is 27.0 Å². The number of aryl methyl sites for hydroxylation is 1. The lowest BCUT2D eigenvalue weighted by molar-refractivity contribution is -0.119. The summed E-state index contributed by atoms with van der Waals surface area (Å²) in [6, 6.07) is 4.52. The lowest BCUT2D eigenvalue weighted by Crippen LogP contribution is -2.23. The van der Waals surface area contributed by atoms with Crippen molar-refractivity contribution in [3.63, 3.8) is 0 Å². The first-order valence-corrected chi connectivity index (χ1v) is 7.88. The Labute approximate surface area is 118 Å². The maximum atomic E-state index is 12.0. The van der Waals surface area contributed by atoms with Crippen molar-refractivity contribution in [2.75, 3.05) is 11.9 Å². The van der Waals surface area contributed by atoms with Crippen molar-refractivity contribution in [3.05, 3.63) is 23.8 Å². The summed E-state index contributed by atoms with van der Waals surface area (Å²) in [6.45, 7) is 3.98. The number of nitrogens with two attached hydrogens (primary N) is 1. The summed E-state index contributed by atoms with van der Waals surface area (Å²) >= 11 is 0. The molecule has 2 rings (SSSR count). The van der Waals surface area contributed by atoms with Gasteiger partial charge in [0.15, 0.2) is 0 Å². The summed E-state index contributed by atoms with van der Waals surface area (Å²) in [6.07, 6.45) is 0.789. The van der Waals surface area contributed by atoms with Crippen LogP contribution in [0.1, 0.15) is 18.9 Å². The number of ether oxygens (including phenoxy) is 1. The minimum Gasteiger partial charge on any atom is -0.378 e. The van der Waals surface area contributed by atoms with Crippen molar-refractivity contribution in [1.82, 2.24) is 0 Å². The maximum Gasteiger partial charge on any atom is 0.238 e. The molecular formula is C13H18N2O4S. The number of sulfonamides is 1. The van der Waals surface area contributed by atoms with E-state index < -0.39 is 10.0 Å². The largest absolute Gasteiger partial charge is 0.378 e. The highest BCUT2D eigenvalue weighted by Crippen LogP contribution is 2.22. The van der Waals surface area contributed by atoms with Crippen LogP contribution in [0.15, 0.2) is 23.1 Å². The van der Waals surface area contributed by atoms with Gasteiger partial charge in [0.2, 0.25) is 15.9 Å². The standard InChI is InChI=1S/C13H18N2O4S/c1-8-5-11(3-4-12(8)20(14,17)18)15-13(16)10-6-9(2)19-7-10/h3-5,9-10H,6-7H2,1-2H3,(H,15,16)(H2,14,17,18). The number of rotatable bonds is 3. The Kier molecular flexibility index (Phi) is 4.12. The molecule has 0 radical (unpaired) electrons. The fraction of sp³-hybridized carbons (Fsp3) is 0.462. The van der Waals surface area contributed by atoms with Crippen molar-refractivity contribution >= 4 is 21.6 Å². The van der Waals surface area contributed by atoms with Gasteiger partial charge in [0, 0.05) is 5.69 Å². The molecule has 1 amide bonds. The van der Waals surface area contributed by atoms with E-state index in [1.54, 1.807) is 13.0 Å². The summed E-state index contributed by atoms with van der Waals surface area (Å²) in [7, 11) is -3.73. The van der Waals surface area contributed by atoms with Crippen LogP contribution >= 0.6 is 0 Å². The molecular weight excluding hydrogens is 280 g/mol. The SMILES string of the molecule is Cc1cc(NC(=O)C2COC(C)C2)ccc1S(N)(=O)=O. The third-order valence-corrected chi connectivity index (χ3v) is 4.39.